The van der Waals surface area contributed by atoms with Gasteiger partial charge in [-0.15, -0.1) is 0 Å². The Labute approximate surface area is 62.4 Å². The van der Waals surface area contributed by atoms with Crippen molar-refractivity contribution in [2.24, 2.45) is 5.73 Å². The van der Waals surface area contributed by atoms with Crippen LogP contribution < -0.4 is 11.1 Å². The molecule has 11 heavy (non-hydrogen) atoms. The Hall–Kier alpha value is -1.59. The van der Waals surface area contributed by atoms with Crippen LogP contribution in [0.4, 0.5) is 0 Å². The summed E-state index contributed by atoms with van der Waals surface area (Å²) < 4.78 is 0. The highest BCUT2D eigenvalue weighted by atomic mass is 16.4. The summed E-state index contributed by atoms with van der Waals surface area (Å²) in [6, 6.07) is -1.22. The Balaban J connectivity index is 3.99. The van der Waals surface area contributed by atoms with Crippen LogP contribution in [0, 0.1) is 0 Å². The van der Waals surface area contributed by atoms with E-state index in [0.717, 1.165) is 0 Å². The summed E-state index contributed by atoms with van der Waals surface area (Å²) in [5, 5.41) is 10.3. The molecule has 0 aromatic rings. The molecule has 0 saturated carbocycles. The zero-order valence-corrected chi connectivity index (χ0v) is 5.61. The van der Waals surface area contributed by atoms with E-state index in [4.69, 9.17) is 10.8 Å². The maximum Gasteiger partial charge on any atom is 0.326 e. The highest BCUT2D eigenvalue weighted by Crippen LogP contribution is 1.88. The first-order chi connectivity index (χ1) is 5.07. The molecular weight excluding hydrogens is 152 g/mol. The molecule has 62 valence electrons. The van der Waals surface area contributed by atoms with Crippen LogP contribution in [-0.2, 0) is 14.4 Å². The van der Waals surface area contributed by atoms with Gasteiger partial charge in [0.25, 0.3) is 0 Å². The van der Waals surface area contributed by atoms with Crippen LogP contribution in [0.25, 0.3) is 0 Å². The summed E-state index contributed by atoms with van der Waals surface area (Å²) in [7, 11) is 0. The van der Waals surface area contributed by atoms with Crippen molar-refractivity contribution in [2.75, 3.05) is 0 Å². The molecule has 0 aromatic carbocycles. The molecule has 0 aromatic heterocycles. The third-order valence-corrected chi connectivity index (χ3v) is 0.973. The van der Waals surface area contributed by atoms with Crippen molar-refractivity contribution in [3.05, 3.63) is 0 Å². The fourth-order valence-corrected chi connectivity index (χ4v) is 0.501. The maximum absolute atomic E-state index is 10.2. The Kier molecular flexibility index (Phi) is 3.65. The lowest BCUT2D eigenvalue weighted by molar-refractivity contribution is -0.142. The molecule has 6 heteroatoms. The average Bonchev–Trinajstić information content (AvgIpc) is 1.86. The monoisotopic (exact) mass is 160 g/mol. The van der Waals surface area contributed by atoms with Gasteiger partial charge in [-0.2, -0.15) is 0 Å². The number of carbonyl (C=O) groups is 3. The second kappa shape index (κ2) is 4.26. The number of nitrogens with two attached hydrogens (primary N) is 1. The molecule has 0 saturated heterocycles. The molecule has 0 aliphatic carbocycles. The number of aliphatic carboxylic acids is 1. The van der Waals surface area contributed by atoms with E-state index < -0.39 is 24.3 Å². The quantitative estimate of drug-likeness (QED) is 0.406. The first-order valence-corrected chi connectivity index (χ1v) is 2.78. The minimum Gasteiger partial charge on any atom is -0.480 e. The fourth-order valence-electron chi connectivity index (χ4n) is 0.501. The molecule has 0 unspecified atom stereocenters. The van der Waals surface area contributed by atoms with Gasteiger partial charge in [0.15, 0.2) is 0 Å². The maximum atomic E-state index is 10.2. The van der Waals surface area contributed by atoms with Crippen LogP contribution in [-0.4, -0.2) is 29.4 Å². The molecule has 6 nitrogen and oxygen atoms in total. The molecule has 0 spiro atoms. The topological polar surface area (TPSA) is 109 Å². The molecule has 0 bridgehead atoms. The van der Waals surface area contributed by atoms with Crippen molar-refractivity contribution in [2.45, 2.75) is 12.5 Å². The Morgan fingerprint density at radius 3 is 2.45 bits per heavy atom. The largest absolute Gasteiger partial charge is 0.480 e. The van der Waals surface area contributed by atoms with E-state index in [2.05, 4.69) is 0 Å². The van der Waals surface area contributed by atoms with Crippen molar-refractivity contribution in [1.82, 2.24) is 5.32 Å². The average molecular weight is 160 g/mol. The third kappa shape index (κ3) is 3.90. The molecule has 4 N–H and O–H groups in total. The molecule has 0 rings (SSSR count). The van der Waals surface area contributed by atoms with Crippen LogP contribution in [0.15, 0.2) is 0 Å². The van der Waals surface area contributed by atoms with E-state index in [1.54, 1.807) is 0 Å². The van der Waals surface area contributed by atoms with Gasteiger partial charge in [-0.25, -0.2) is 4.79 Å². The van der Waals surface area contributed by atoms with E-state index in [1.165, 1.54) is 0 Å². The molecule has 2 amide bonds. The van der Waals surface area contributed by atoms with Crippen LogP contribution >= 0.6 is 0 Å². The van der Waals surface area contributed by atoms with Gasteiger partial charge in [0.2, 0.25) is 12.3 Å². The lowest BCUT2D eigenvalue weighted by atomic mass is 10.2. The summed E-state index contributed by atoms with van der Waals surface area (Å²) in [5.41, 5.74) is 4.70. The highest BCUT2D eigenvalue weighted by molar-refractivity contribution is 5.84. The summed E-state index contributed by atoms with van der Waals surface area (Å²) in [6.45, 7) is 0. The van der Waals surface area contributed by atoms with E-state index in [0.29, 0.717) is 0 Å². The van der Waals surface area contributed by atoms with Crippen molar-refractivity contribution in [3.8, 4) is 0 Å². The molecule has 1 atom stereocenters. The SMILES string of the molecule is NC(=O)C[C@H](NC=O)C(=O)O. The van der Waals surface area contributed by atoms with E-state index in [-0.39, 0.29) is 6.41 Å². The van der Waals surface area contributed by atoms with Gasteiger partial charge < -0.3 is 16.2 Å². The number of rotatable bonds is 5. The molecular formula is C5H8N2O4. The van der Waals surface area contributed by atoms with Crippen LogP contribution in [0.5, 0.6) is 0 Å². The highest BCUT2D eigenvalue weighted by Gasteiger charge is 2.18. The van der Waals surface area contributed by atoms with Crippen molar-refractivity contribution < 1.29 is 19.5 Å². The summed E-state index contributed by atoms with van der Waals surface area (Å²) >= 11 is 0. The lowest BCUT2D eigenvalue weighted by Gasteiger charge is -2.06. The predicted octanol–water partition coefficient (Wildman–Crippen LogP) is -1.94. The minimum atomic E-state index is -1.28. The molecule has 0 heterocycles. The Bertz CT molecular complexity index is 179. The number of carbonyl (C=O) groups excluding carboxylic acids is 2. The lowest BCUT2D eigenvalue weighted by Crippen LogP contribution is -2.39. The van der Waals surface area contributed by atoms with Crippen LogP contribution in [0.2, 0.25) is 0 Å². The number of carboxylic acid groups (broad SMARTS) is 1. The number of hydrogen-bond acceptors (Lipinski definition) is 3. The fraction of sp³-hybridized carbons (Fsp3) is 0.400. The van der Waals surface area contributed by atoms with Crippen LogP contribution in [0.1, 0.15) is 6.42 Å². The van der Waals surface area contributed by atoms with E-state index in [1.807, 2.05) is 5.32 Å². The second-order valence-electron chi connectivity index (χ2n) is 1.85. The van der Waals surface area contributed by atoms with E-state index >= 15 is 0 Å². The number of primary amides is 1. The van der Waals surface area contributed by atoms with Crippen LogP contribution in [0.3, 0.4) is 0 Å². The smallest absolute Gasteiger partial charge is 0.326 e. The number of nitrogens with one attached hydrogen (secondary N) is 1. The van der Waals surface area contributed by atoms with Gasteiger partial charge in [-0.3, -0.25) is 9.59 Å². The van der Waals surface area contributed by atoms with Crippen molar-refractivity contribution in [3.63, 3.8) is 0 Å². The van der Waals surface area contributed by atoms with Crippen molar-refractivity contribution >= 4 is 18.3 Å². The predicted molar refractivity (Wildman–Crippen MR) is 34.4 cm³/mol. The zero-order chi connectivity index (χ0) is 8.85. The summed E-state index contributed by atoms with van der Waals surface area (Å²) in [4.78, 5) is 30.2. The zero-order valence-electron chi connectivity index (χ0n) is 5.61. The molecule has 0 aliphatic heterocycles. The van der Waals surface area contributed by atoms with Crippen molar-refractivity contribution in [1.29, 1.82) is 0 Å². The normalized spacial score (nSPS) is 11.6. The van der Waals surface area contributed by atoms with E-state index in [9.17, 15) is 14.4 Å². The first kappa shape index (κ1) is 9.41. The van der Waals surface area contributed by atoms with Gasteiger partial charge in [0.1, 0.15) is 6.04 Å². The van der Waals surface area contributed by atoms with Gasteiger partial charge in [-0.05, 0) is 0 Å². The summed E-state index contributed by atoms with van der Waals surface area (Å²) in [5.74, 6) is -2.05. The minimum absolute atomic E-state index is 0.210. The second-order valence-corrected chi connectivity index (χ2v) is 1.85. The van der Waals surface area contributed by atoms with Gasteiger partial charge in [0, 0.05) is 0 Å². The third-order valence-electron chi connectivity index (χ3n) is 0.973. The van der Waals surface area contributed by atoms with Gasteiger partial charge >= 0.3 is 5.97 Å². The molecule has 0 aliphatic rings. The number of hydrogen-bond donors (Lipinski definition) is 3. The van der Waals surface area contributed by atoms with Gasteiger partial charge in [-0.1, -0.05) is 0 Å². The van der Waals surface area contributed by atoms with Gasteiger partial charge in [0.05, 0.1) is 6.42 Å². The number of carboxylic acids is 1. The first-order valence-electron chi connectivity index (χ1n) is 2.78. The Morgan fingerprint density at radius 2 is 2.18 bits per heavy atom. The Morgan fingerprint density at radius 1 is 1.64 bits per heavy atom. The molecule has 0 radical (unpaired) electrons. The standard InChI is InChI=1S/C5H8N2O4/c6-4(9)1-3(5(10)11)7-2-8/h2-3H,1H2,(H2,6,9)(H,7,8)(H,10,11)/t3-/m0/s1. The summed E-state index contributed by atoms with van der Waals surface area (Å²) in [6.07, 6.45) is -0.185. The number of amides is 2. The molecule has 0 fully saturated rings.